The molecule has 0 spiro atoms. The van der Waals surface area contributed by atoms with E-state index in [9.17, 15) is 24.0 Å². The van der Waals surface area contributed by atoms with E-state index in [-0.39, 0.29) is 12.0 Å². The van der Waals surface area contributed by atoms with Crippen molar-refractivity contribution in [2.24, 2.45) is 0 Å². The third kappa shape index (κ3) is 2.58. The normalized spacial score (nSPS) is 16.9. The molecule has 0 unspecified atom stereocenters. The van der Waals surface area contributed by atoms with E-state index in [0.717, 1.165) is 6.07 Å². The van der Waals surface area contributed by atoms with E-state index >= 15 is 0 Å². The molecule has 1 aliphatic carbocycles. The average Bonchev–Trinajstić information content (AvgIpc) is 2.98. The molecular weight excluding hydrogens is 232 g/mol. The Labute approximate surface area is 96.0 Å². The molecule has 6 heteroatoms. The summed E-state index contributed by atoms with van der Waals surface area (Å²) in [5, 5.41) is 20.3. The number of nitro benzene ring substituents is 1. The quantitative estimate of drug-likeness (QED) is 0.652. The average molecular weight is 243 g/mol. The van der Waals surface area contributed by atoms with Crippen LogP contribution in [0.25, 0.3) is 0 Å². The molecule has 0 aromatic heterocycles. The highest BCUT2D eigenvalue weighted by Gasteiger charge is 2.40. The molecule has 4 nitrogen and oxygen atoms in total. The first-order valence-corrected chi connectivity index (χ1v) is 5.26. The minimum Gasteiger partial charge on any atom is -0.390 e. The van der Waals surface area contributed by atoms with Crippen molar-refractivity contribution < 1.29 is 18.8 Å². The van der Waals surface area contributed by atoms with Gasteiger partial charge in [0, 0.05) is 5.56 Å². The zero-order chi connectivity index (χ0) is 12.6. The maximum absolute atomic E-state index is 13.0. The molecule has 0 saturated heterocycles. The van der Waals surface area contributed by atoms with Gasteiger partial charge in [-0.3, -0.25) is 10.1 Å². The van der Waals surface area contributed by atoms with Crippen LogP contribution in [0.3, 0.4) is 0 Å². The number of halogens is 2. The van der Waals surface area contributed by atoms with Gasteiger partial charge in [0.2, 0.25) is 0 Å². The zero-order valence-corrected chi connectivity index (χ0v) is 8.95. The Morgan fingerprint density at radius 2 is 1.94 bits per heavy atom. The van der Waals surface area contributed by atoms with E-state index in [2.05, 4.69) is 0 Å². The van der Waals surface area contributed by atoms with Gasteiger partial charge in [0.15, 0.2) is 11.6 Å². The molecule has 1 aromatic carbocycles. The summed E-state index contributed by atoms with van der Waals surface area (Å²) in [6.45, 7) is 0. The molecule has 0 atom stereocenters. The smallest absolute Gasteiger partial charge is 0.275 e. The maximum Gasteiger partial charge on any atom is 0.275 e. The molecule has 1 saturated carbocycles. The Morgan fingerprint density at radius 1 is 1.35 bits per heavy atom. The fraction of sp³-hybridized carbons (Fsp3) is 0.455. The Balaban J connectivity index is 2.24. The van der Waals surface area contributed by atoms with Crippen LogP contribution in [-0.4, -0.2) is 15.6 Å². The van der Waals surface area contributed by atoms with Crippen LogP contribution in [0.4, 0.5) is 14.5 Å². The summed E-state index contributed by atoms with van der Waals surface area (Å²) >= 11 is 0. The molecule has 17 heavy (non-hydrogen) atoms. The summed E-state index contributed by atoms with van der Waals surface area (Å²) in [5.41, 5.74) is -1.08. The highest BCUT2D eigenvalue weighted by atomic mass is 19.2. The second-order valence-corrected chi connectivity index (χ2v) is 4.38. The van der Waals surface area contributed by atoms with Gasteiger partial charge in [-0.15, -0.1) is 0 Å². The molecule has 1 N–H and O–H groups in total. The first-order valence-electron chi connectivity index (χ1n) is 5.26. The van der Waals surface area contributed by atoms with Gasteiger partial charge in [-0.2, -0.15) is 0 Å². The molecule has 0 bridgehead atoms. The van der Waals surface area contributed by atoms with Crippen molar-refractivity contribution in [3.8, 4) is 0 Å². The van der Waals surface area contributed by atoms with Gasteiger partial charge in [0.25, 0.3) is 5.69 Å². The van der Waals surface area contributed by atoms with E-state index in [0.29, 0.717) is 25.3 Å². The van der Waals surface area contributed by atoms with Crippen molar-refractivity contribution >= 4 is 5.69 Å². The number of hydrogen-bond donors (Lipinski definition) is 1. The van der Waals surface area contributed by atoms with Crippen molar-refractivity contribution in [2.45, 2.75) is 31.3 Å². The van der Waals surface area contributed by atoms with Gasteiger partial charge in [-0.25, -0.2) is 8.78 Å². The Morgan fingerprint density at radius 3 is 2.47 bits per heavy atom. The fourth-order valence-corrected chi connectivity index (χ4v) is 1.71. The van der Waals surface area contributed by atoms with Gasteiger partial charge in [-0.05, 0) is 31.7 Å². The topological polar surface area (TPSA) is 63.4 Å². The molecule has 2 rings (SSSR count). The van der Waals surface area contributed by atoms with Crippen LogP contribution in [0.1, 0.15) is 24.8 Å². The number of hydrogen-bond acceptors (Lipinski definition) is 3. The number of nitrogens with zero attached hydrogens (tertiary/aromatic N) is 1. The lowest BCUT2D eigenvalue weighted by atomic mass is 10.0. The van der Waals surface area contributed by atoms with E-state index < -0.39 is 27.8 Å². The van der Waals surface area contributed by atoms with Gasteiger partial charge >= 0.3 is 0 Å². The lowest BCUT2D eigenvalue weighted by Crippen LogP contribution is -2.09. The summed E-state index contributed by atoms with van der Waals surface area (Å²) in [6.07, 6.45) is 1.82. The van der Waals surface area contributed by atoms with Crippen LogP contribution < -0.4 is 0 Å². The highest BCUT2D eigenvalue weighted by molar-refractivity contribution is 5.41. The molecule has 0 heterocycles. The zero-order valence-electron chi connectivity index (χ0n) is 8.95. The molecular formula is C11H11F2NO3. The molecule has 0 radical (unpaired) electrons. The third-order valence-corrected chi connectivity index (χ3v) is 3.01. The number of nitro groups is 1. The minimum absolute atomic E-state index is 0.120. The van der Waals surface area contributed by atoms with Crippen LogP contribution in [0, 0.1) is 21.7 Å². The van der Waals surface area contributed by atoms with Crippen molar-refractivity contribution in [1.29, 1.82) is 0 Å². The van der Waals surface area contributed by atoms with Crippen molar-refractivity contribution in [3.05, 3.63) is 39.4 Å². The number of rotatable bonds is 4. The number of benzene rings is 1. The first kappa shape index (κ1) is 11.9. The Kier molecular flexibility index (Phi) is 2.82. The van der Waals surface area contributed by atoms with Gasteiger partial charge in [0.05, 0.1) is 16.6 Å². The summed E-state index contributed by atoms with van der Waals surface area (Å²) in [6, 6.07) is 1.42. The molecule has 0 amide bonds. The predicted octanol–water partition coefficient (Wildman–Crippen LogP) is 2.33. The van der Waals surface area contributed by atoms with Crippen LogP contribution >= 0.6 is 0 Å². The van der Waals surface area contributed by atoms with Crippen molar-refractivity contribution in [3.63, 3.8) is 0 Å². The van der Waals surface area contributed by atoms with E-state index in [4.69, 9.17) is 0 Å². The molecule has 0 aliphatic heterocycles. The van der Waals surface area contributed by atoms with Gasteiger partial charge in [-0.1, -0.05) is 0 Å². The lowest BCUT2D eigenvalue weighted by Gasteiger charge is -2.08. The van der Waals surface area contributed by atoms with Crippen LogP contribution in [0.2, 0.25) is 0 Å². The van der Waals surface area contributed by atoms with Gasteiger partial charge < -0.3 is 5.11 Å². The third-order valence-electron chi connectivity index (χ3n) is 3.01. The van der Waals surface area contributed by atoms with E-state index in [1.54, 1.807) is 0 Å². The second kappa shape index (κ2) is 4.03. The molecule has 92 valence electrons. The monoisotopic (exact) mass is 243 g/mol. The van der Waals surface area contributed by atoms with Crippen LogP contribution in [0.5, 0.6) is 0 Å². The molecule has 1 fully saturated rings. The Bertz CT molecular complexity index is 472. The van der Waals surface area contributed by atoms with E-state index in [1.165, 1.54) is 0 Å². The summed E-state index contributed by atoms with van der Waals surface area (Å²) in [7, 11) is 0. The predicted molar refractivity (Wildman–Crippen MR) is 55.5 cm³/mol. The van der Waals surface area contributed by atoms with E-state index in [1.807, 2.05) is 0 Å². The van der Waals surface area contributed by atoms with Gasteiger partial charge in [0.1, 0.15) is 0 Å². The lowest BCUT2D eigenvalue weighted by molar-refractivity contribution is -0.385. The summed E-state index contributed by atoms with van der Waals surface area (Å²) < 4.78 is 25.9. The number of aliphatic hydroxyl groups is 1. The highest BCUT2D eigenvalue weighted by Crippen LogP contribution is 2.40. The molecule has 1 aromatic rings. The SMILES string of the molecule is O=[N+]([O-])c1cc(F)c(F)cc1CCC1(O)CC1. The maximum atomic E-state index is 13.0. The second-order valence-electron chi connectivity index (χ2n) is 4.38. The van der Waals surface area contributed by atoms with Crippen molar-refractivity contribution in [2.75, 3.05) is 0 Å². The van der Waals surface area contributed by atoms with Crippen LogP contribution in [-0.2, 0) is 6.42 Å². The Hall–Kier alpha value is -1.56. The number of aryl methyl sites for hydroxylation is 1. The minimum atomic E-state index is -1.23. The van der Waals surface area contributed by atoms with Crippen molar-refractivity contribution in [1.82, 2.24) is 0 Å². The summed E-state index contributed by atoms with van der Waals surface area (Å²) in [4.78, 5) is 9.94. The first-order chi connectivity index (χ1) is 7.91. The standard InChI is InChI=1S/C11H11F2NO3/c12-8-5-7(1-2-11(15)3-4-11)10(14(16)17)6-9(8)13/h5-6,15H,1-4H2. The molecule has 1 aliphatic rings. The fourth-order valence-electron chi connectivity index (χ4n) is 1.71. The van der Waals surface area contributed by atoms with Crippen LogP contribution in [0.15, 0.2) is 12.1 Å². The largest absolute Gasteiger partial charge is 0.390 e. The summed E-state index contributed by atoms with van der Waals surface area (Å²) in [5.74, 6) is -2.33.